The maximum atomic E-state index is 4.39. The zero-order valence-electron chi connectivity index (χ0n) is 11.2. The van der Waals surface area contributed by atoms with Gasteiger partial charge in [-0.1, -0.05) is 0 Å². The van der Waals surface area contributed by atoms with Crippen LogP contribution in [0.3, 0.4) is 0 Å². The van der Waals surface area contributed by atoms with Crippen molar-refractivity contribution in [3.8, 4) is 0 Å². The summed E-state index contributed by atoms with van der Waals surface area (Å²) in [5.74, 6) is 2.03. The first kappa shape index (κ1) is 12.1. The van der Waals surface area contributed by atoms with E-state index in [1.807, 2.05) is 4.68 Å². The highest BCUT2D eigenvalue weighted by Crippen LogP contribution is 2.33. The van der Waals surface area contributed by atoms with Crippen molar-refractivity contribution in [3.05, 3.63) is 12.2 Å². The van der Waals surface area contributed by atoms with Crippen LogP contribution in [-0.2, 0) is 13.1 Å². The lowest BCUT2D eigenvalue weighted by atomic mass is 10.2. The smallest absolute Gasteiger partial charge is 0.140 e. The van der Waals surface area contributed by atoms with Gasteiger partial charge in [-0.2, -0.15) is 5.10 Å². The van der Waals surface area contributed by atoms with Gasteiger partial charge in [-0.3, -0.25) is 4.90 Å². The maximum absolute atomic E-state index is 4.39. The molecule has 1 aliphatic carbocycles. The molecule has 0 aromatic carbocycles. The Kier molecular flexibility index (Phi) is 3.61. The Hall–Kier alpha value is -0.940. The Morgan fingerprint density at radius 1 is 1.44 bits per heavy atom. The highest BCUT2D eigenvalue weighted by molar-refractivity contribution is 4.92. The minimum Gasteiger partial charge on any atom is -0.312 e. The second-order valence-electron chi connectivity index (χ2n) is 5.48. The molecular formula is C13H23N5. The highest BCUT2D eigenvalue weighted by atomic mass is 15.3. The fourth-order valence-corrected chi connectivity index (χ4v) is 2.86. The summed E-state index contributed by atoms with van der Waals surface area (Å²) in [6, 6.07) is 0.700. The monoisotopic (exact) mass is 249 g/mol. The molecule has 18 heavy (non-hydrogen) atoms. The number of hydrogen-bond donors (Lipinski definition) is 1. The fourth-order valence-electron chi connectivity index (χ4n) is 2.86. The molecule has 0 bridgehead atoms. The van der Waals surface area contributed by atoms with Gasteiger partial charge in [-0.05, 0) is 45.2 Å². The molecule has 0 amide bonds. The maximum Gasteiger partial charge on any atom is 0.140 e. The minimum atomic E-state index is 0.700. The van der Waals surface area contributed by atoms with Crippen LogP contribution >= 0.6 is 0 Å². The molecule has 5 nitrogen and oxygen atoms in total. The predicted octanol–water partition coefficient (Wildman–Crippen LogP) is 0.872. The van der Waals surface area contributed by atoms with Gasteiger partial charge in [0.05, 0.1) is 6.54 Å². The zero-order valence-corrected chi connectivity index (χ0v) is 11.2. The lowest BCUT2D eigenvalue weighted by Gasteiger charge is -2.23. The molecular weight excluding hydrogens is 226 g/mol. The average Bonchev–Trinajstić information content (AvgIpc) is 3.15. The molecule has 1 saturated carbocycles. The summed E-state index contributed by atoms with van der Waals surface area (Å²) < 4.78 is 2.00. The number of rotatable bonds is 4. The van der Waals surface area contributed by atoms with Crippen LogP contribution in [0.15, 0.2) is 6.33 Å². The summed E-state index contributed by atoms with van der Waals surface area (Å²) in [5.41, 5.74) is 0. The average molecular weight is 249 g/mol. The topological polar surface area (TPSA) is 46.0 Å². The van der Waals surface area contributed by atoms with Crippen molar-refractivity contribution < 1.29 is 0 Å². The Balaban J connectivity index is 1.63. The Bertz CT molecular complexity index is 384. The van der Waals surface area contributed by atoms with Crippen molar-refractivity contribution in [2.75, 3.05) is 19.6 Å². The number of aromatic nitrogens is 3. The van der Waals surface area contributed by atoms with Crippen molar-refractivity contribution in [1.29, 1.82) is 0 Å². The van der Waals surface area contributed by atoms with E-state index in [0.29, 0.717) is 6.04 Å². The van der Waals surface area contributed by atoms with Crippen molar-refractivity contribution in [3.63, 3.8) is 0 Å². The number of nitrogens with one attached hydrogen (secondary N) is 1. The van der Waals surface area contributed by atoms with Gasteiger partial charge in [0, 0.05) is 19.1 Å². The van der Waals surface area contributed by atoms with E-state index in [4.69, 9.17) is 0 Å². The summed E-state index contributed by atoms with van der Waals surface area (Å²) in [6.45, 7) is 7.48. The van der Waals surface area contributed by atoms with Gasteiger partial charge >= 0.3 is 0 Å². The van der Waals surface area contributed by atoms with Gasteiger partial charge in [0.1, 0.15) is 12.2 Å². The summed E-state index contributed by atoms with van der Waals surface area (Å²) in [7, 11) is 0. The van der Waals surface area contributed by atoms with Crippen LogP contribution in [0, 0.1) is 5.92 Å². The van der Waals surface area contributed by atoms with E-state index in [1.165, 1.54) is 32.4 Å². The first-order chi connectivity index (χ1) is 8.86. The highest BCUT2D eigenvalue weighted by Gasteiger charge is 2.33. The van der Waals surface area contributed by atoms with Crippen molar-refractivity contribution >= 4 is 0 Å². The third kappa shape index (κ3) is 2.72. The van der Waals surface area contributed by atoms with E-state index in [0.717, 1.165) is 31.4 Å². The molecule has 100 valence electrons. The molecule has 1 N–H and O–H groups in total. The van der Waals surface area contributed by atoms with Crippen LogP contribution in [0.25, 0.3) is 0 Å². The van der Waals surface area contributed by atoms with Crippen LogP contribution < -0.4 is 5.32 Å². The number of aryl methyl sites for hydroxylation is 1. The molecule has 5 heteroatoms. The first-order valence-corrected chi connectivity index (χ1v) is 7.19. The number of hydrogen-bond acceptors (Lipinski definition) is 4. The van der Waals surface area contributed by atoms with Gasteiger partial charge in [-0.25, -0.2) is 9.67 Å². The molecule has 0 spiro atoms. The van der Waals surface area contributed by atoms with Crippen molar-refractivity contribution in [1.82, 2.24) is 25.0 Å². The second kappa shape index (κ2) is 5.36. The van der Waals surface area contributed by atoms with Crippen LogP contribution in [-0.4, -0.2) is 45.3 Å². The fraction of sp³-hybridized carbons (Fsp3) is 0.846. The molecule has 2 fully saturated rings. The first-order valence-electron chi connectivity index (χ1n) is 7.19. The summed E-state index contributed by atoms with van der Waals surface area (Å²) in [5, 5.41) is 7.95. The zero-order chi connectivity index (χ0) is 12.4. The molecule has 1 aromatic rings. The molecule has 1 atom stereocenters. The van der Waals surface area contributed by atoms with E-state index in [1.54, 1.807) is 6.33 Å². The van der Waals surface area contributed by atoms with E-state index < -0.39 is 0 Å². The largest absolute Gasteiger partial charge is 0.312 e. The van der Waals surface area contributed by atoms with E-state index in [2.05, 4.69) is 27.2 Å². The quantitative estimate of drug-likeness (QED) is 0.860. The molecule has 1 unspecified atom stereocenters. The lowest BCUT2D eigenvalue weighted by Crippen LogP contribution is -2.39. The second-order valence-corrected chi connectivity index (χ2v) is 5.48. The Labute approximate surface area is 109 Å². The van der Waals surface area contributed by atoms with Gasteiger partial charge < -0.3 is 5.32 Å². The predicted molar refractivity (Wildman–Crippen MR) is 70.1 cm³/mol. The molecule has 3 rings (SSSR count). The van der Waals surface area contributed by atoms with E-state index in [9.17, 15) is 0 Å². The molecule has 1 aliphatic heterocycles. The van der Waals surface area contributed by atoms with Gasteiger partial charge in [0.2, 0.25) is 0 Å². The van der Waals surface area contributed by atoms with E-state index in [-0.39, 0.29) is 0 Å². The molecule has 1 aromatic heterocycles. The normalized spacial score (nSPS) is 26.2. The summed E-state index contributed by atoms with van der Waals surface area (Å²) in [4.78, 5) is 6.93. The number of nitrogens with zero attached hydrogens (tertiary/aromatic N) is 4. The van der Waals surface area contributed by atoms with Crippen LogP contribution in [0.1, 0.15) is 32.0 Å². The van der Waals surface area contributed by atoms with Crippen LogP contribution in [0.4, 0.5) is 0 Å². The molecule has 1 saturated heterocycles. The molecule has 2 aliphatic rings. The third-order valence-corrected chi connectivity index (χ3v) is 4.06. The minimum absolute atomic E-state index is 0.700. The Morgan fingerprint density at radius 2 is 2.33 bits per heavy atom. The summed E-state index contributed by atoms with van der Waals surface area (Å²) >= 11 is 0. The van der Waals surface area contributed by atoms with Gasteiger partial charge in [-0.15, -0.1) is 0 Å². The van der Waals surface area contributed by atoms with Gasteiger partial charge in [0.15, 0.2) is 0 Å². The lowest BCUT2D eigenvalue weighted by molar-refractivity contribution is 0.241. The summed E-state index contributed by atoms with van der Waals surface area (Å²) in [6.07, 6.45) is 5.74. The van der Waals surface area contributed by atoms with Crippen LogP contribution in [0.2, 0.25) is 0 Å². The van der Waals surface area contributed by atoms with E-state index >= 15 is 0 Å². The SMILES string of the molecule is CCn1ncnc1CN1CCCNC(C2CC2)C1. The van der Waals surface area contributed by atoms with Crippen molar-refractivity contribution in [2.24, 2.45) is 5.92 Å². The van der Waals surface area contributed by atoms with Crippen molar-refractivity contribution in [2.45, 2.75) is 45.3 Å². The van der Waals surface area contributed by atoms with Gasteiger partial charge in [0.25, 0.3) is 0 Å². The van der Waals surface area contributed by atoms with Crippen LogP contribution in [0.5, 0.6) is 0 Å². The third-order valence-electron chi connectivity index (χ3n) is 4.06. The Morgan fingerprint density at radius 3 is 3.11 bits per heavy atom. The molecule has 0 radical (unpaired) electrons. The standard InChI is InChI=1S/C13H23N5/c1-2-18-13(15-10-16-18)9-17-7-3-6-14-12(8-17)11-4-5-11/h10-12,14H,2-9H2,1H3. The molecule has 2 heterocycles.